The van der Waals surface area contributed by atoms with Gasteiger partial charge in [0.1, 0.15) is 5.56 Å². The molecule has 0 spiro atoms. The number of nitrogens with zero attached hydrogens (tertiary/aromatic N) is 1. The van der Waals surface area contributed by atoms with Gasteiger partial charge in [-0.2, -0.15) is 0 Å². The van der Waals surface area contributed by atoms with E-state index in [1.165, 1.54) is 25.6 Å². The SMILES string of the molecule is COC(=O)c1cc(C(=O)c2ccncc2)cc2c1OC(c1ccccc1)(c1ccccc1)O2. The van der Waals surface area contributed by atoms with Crippen LogP contribution in [0.15, 0.2) is 97.3 Å². The van der Waals surface area contributed by atoms with Gasteiger partial charge in [0.05, 0.1) is 7.11 Å². The molecule has 0 atom stereocenters. The lowest BCUT2D eigenvalue weighted by Gasteiger charge is -2.28. The van der Waals surface area contributed by atoms with E-state index in [0.717, 1.165) is 11.1 Å². The number of hydrogen-bond acceptors (Lipinski definition) is 6. The molecule has 6 heteroatoms. The van der Waals surface area contributed by atoms with Crippen LogP contribution in [0.4, 0.5) is 0 Å². The van der Waals surface area contributed by atoms with Crippen molar-refractivity contribution >= 4 is 11.8 Å². The van der Waals surface area contributed by atoms with Gasteiger partial charge >= 0.3 is 11.8 Å². The van der Waals surface area contributed by atoms with Crippen molar-refractivity contribution in [3.8, 4) is 11.5 Å². The highest BCUT2D eigenvalue weighted by Crippen LogP contribution is 2.50. The molecule has 0 fully saturated rings. The van der Waals surface area contributed by atoms with E-state index in [2.05, 4.69) is 4.98 Å². The minimum absolute atomic E-state index is 0.112. The first kappa shape index (κ1) is 20.5. The molecule has 2 heterocycles. The number of carbonyl (C=O) groups excluding carboxylic acids is 2. The second-order valence-electron chi connectivity index (χ2n) is 7.46. The lowest BCUT2D eigenvalue weighted by atomic mass is 9.97. The van der Waals surface area contributed by atoms with E-state index in [0.29, 0.717) is 5.56 Å². The first-order chi connectivity index (χ1) is 16.1. The van der Waals surface area contributed by atoms with E-state index in [1.807, 2.05) is 60.7 Å². The van der Waals surface area contributed by atoms with Gasteiger partial charge < -0.3 is 14.2 Å². The number of fused-ring (bicyclic) bond motifs is 1. The summed E-state index contributed by atoms with van der Waals surface area (Å²) in [6.07, 6.45) is 3.08. The van der Waals surface area contributed by atoms with E-state index < -0.39 is 11.8 Å². The third kappa shape index (κ3) is 3.51. The Morgan fingerprint density at radius 1 is 0.788 bits per heavy atom. The number of pyridine rings is 1. The van der Waals surface area contributed by atoms with Crippen molar-refractivity contribution in [2.45, 2.75) is 5.79 Å². The number of methoxy groups -OCH3 is 1. The molecule has 0 amide bonds. The van der Waals surface area contributed by atoms with Gasteiger partial charge in [-0.1, -0.05) is 60.7 Å². The summed E-state index contributed by atoms with van der Waals surface area (Å²) in [5.74, 6) is -1.72. The fourth-order valence-corrected chi connectivity index (χ4v) is 3.88. The molecule has 5 rings (SSSR count). The number of benzene rings is 3. The topological polar surface area (TPSA) is 74.7 Å². The van der Waals surface area contributed by atoms with E-state index >= 15 is 0 Å². The van der Waals surface area contributed by atoms with Crippen molar-refractivity contribution in [3.05, 3.63) is 125 Å². The second-order valence-corrected chi connectivity index (χ2v) is 7.46. The number of ketones is 1. The molecule has 162 valence electrons. The molecular weight excluding hydrogens is 418 g/mol. The fourth-order valence-electron chi connectivity index (χ4n) is 3.88. The normalized spacial score (nSPS) is 13.4. The smallest absolute Gasteiger partial charge is 0.341 e. The van der Waals surface area contributed by atoms with Crippen LogP contribution in [-0.2, 0) is 10.5 Å². The monoisotopic (exact) mass is 437 g/mol. The molecule has 0 saturated heterocycles. The van der Waals surface area contributed by atoms with Gasteiger partial charge in [0.2, 0.25) is 0 Å². The molecule has 0 aliphatic carbocycles. The van der Waals surface area contributed by atoms with Crippen molar-refractivity contribution < 1.29 is 23.8 Å². The lowest BCUT2D eigenvalue weighted by Crippen LogP contribution is -2.36. The maximum absolute atomic E-state index is 13.1. The lowest BCUT2D eigenvalue weighted by molar-refractivity contribution is -0.0462. The number of ether oxygens (including phenoxy) is 3. The first-order valence-corrected chi connectivity index (χ1v) is 10.3. The molecule has 6 nitrogen and oxygen atoms in total. The largest absolute Gasteiger partial charge is 0.465 e. The van der Waals surface area contributed by atoms with E-state index in [-0.39, 0.29) is 28.4 Å². The average Bonchev–Trinajstić information content (AvgIpc) is 3.29. The van der Waals surface area contributed by atoms with Gasteiger partial charge in [-0.15, -0.1) is 0 Å². The molecule has 0 saturated carbocycles. The zero-order valence-corrected chi connectivity index (χ0v) is 17.7. The molecule has 1 aliphatic heterocycles. The van der Waals surface area contributed by atoms with Crippen molar-refractivity contribution in [1.82, 2.24) is 4.98 Å². The Morgan fingerprint density at radius 2 is 1.39 bits per heavy atom. The van der Waals surface area contributed by atoms with Crippen LogP contribution in [0.5, 0.6) is 11.5 Å². The summed E-state index contributed by atoms with van der Waals surface area (Å²) in [4.78, 5) is 29.8. The summed E-state index contributed by atoms with van der Waals surface area (Å²) in [7, 11) is 1.28. The third-order valence-electron chi connectivity index (χ3n) is 5.47. The molecule has 1 aliphatic rings. The van der Waals surface area contributed by atoms with Crippen molar-refractivity contribution in [2.24, 2.45) is 0 Å². The van der Waals surface area contributed by atoms with Crippen LogP contribution in [0, 0.1) is 0 Å². The zero-order chi connectivity index (χ0) is 22.8. The van der Waals surface area contributed by atoms with Crippen LogP contribution in [0.1, 0.15) is 37.4 Å². The van der Waals surface area contributed by atoms with Crippen LogP contribution in [-0.4, -0.2) is 23.8 Å². The molecular formula is C27H19NO5. The summed E-state index contributed by atoms with van der Waals surface area (Å²) in [5.41, 5.74) is 2.31. The van der Waals surface area contributed by atoms with Gasteiger partial charge in [-0.3, -0.25) is 9.78 Å². The van der Waals surface area contributed by atoms with E-state index in [4.69, 9.17) is 14.2 Å². The molecule has 1 aromatic heterocycles. The Labute approximate surface area is 190 Å². The summed E-state index contributed by atoms with van der Waals surface area (Å²) < 4.78 is 17.8. The van der Waals surface area contributed by atoms with Crippen molar-refractivity contribution in [1.29, 1.82) is 0 Å². The Kier molecular flexibility index (Phi) is 5.11. The highest BCUT2D eigenvalue weighted by atomic mass is 16.7. The Balaban J connectivity index is 1.68. The molecule has 0 N–H and O–H groups in total. The number of carbonyl (C=O) groups is 2. The molecule has 33 heavy (non-hydrogen) atoms. The van der Waals surface area contributed by atoms with Crippen LogP contribution < -0.4 is 9.47 Å². The van der Waals surface area contributed by atoms with Gasteiger partial charge in [0.25, 0.3) is 0 Å². The average molecular weight is 437 g/mol. The molecule has 0 unspecified atom stereocenters. The Morgan fingerprint density at radius 3 is 1.97 bits per heavy atom. The highest BCUT2D eigenvalue weighted by Gasteiger charge is 2.47. The third-order valence-corrected chi connectivity index (χ3v) is 5.47. The van der Waals surface area contributed by atoms with E-state index in [1.54, 1.807) is 18.2 Å². The quantitative estimate of drug-likeness (QED) is 0.331. The van der Waals surface area contributed by atoms with Crippen molar-refractivity contribution in [3.63, 3.8) is 0 Å². The zero-order valence-electron chi connectivity index (χ0n) is 17.7. The number of hydrogen-bond donors (Lipinski definition) is 0. The minimum atomic E-state index is -1.33. The molecule has 0 radical (unpaired) electrons. The summed E-state index contributed by atoms with van der Waals surface area (Å²) in [6, 6.07) is 25.2. The Hall–Kier alpha value is -4.45. The number of rotatable bonds is 5. The maximum atomic E-state index is 13.1. The fraction of sp³-hybridized carbons (Fsp3) is 0.0741. The maximum Gasteiger partial charge on any atom is 0.341 e. The second kappa shape index (κ2) is 8.24. The summed E-state index contributed by atoms with van der Waals surface area (Å²) in [5, 5.41) is 0. The molecule has 0 bridgehead atoms. The van der Waals surface area contributed by atoms with Crippen LogP contribution in [0.2, 0.25) is 0 Å². The highest BCUT2D eigenvalue weighted by molar-refractivity contribution is 6.10. The first-order valence-electron chi connectivity index (χ1n) is 10.3. The predicted molar refractivity (Wildman–Crippen MR) is 120 cm³/mol. The van der Waals surface area contributed by atoms with Gasteiger partial charge in [-0.05, 0) is 24.3 Å². The standard InChI is InChI=1S/C27H19NO5/c1-31-26(30)22-16-19(24(29)18-12-14-28-15-13-18)17-23-25(22)33-27(32-23,20-8-4-2-5-9-20)21-10-6-3-7-11-21/h2-17H,1H3. The number of aromatic nitrogens is 1. The predicted octanol–water partition coefficient (Wildman–Crippen LogP) is 4.77. The minimum Gasteiger partial charge on any atom is -0.465 e. The summed E-state index contributed by atoms with van der Waals surface area (Å²) in [6.45, 7) is 0. The molecule has 4 aromatic rings. The number of esters is 1. The summed E-state index contributed by atoms with van der Waals surface area (Å²) >= 11 is 0. The van der Waals surface area contributed by atoms with Gasteiger partial charge in [0.15, 0.2) is 17.3 Å². The van der Waals surface area contributed by atoms with E-state index in [9.17, 15) is 9.59 Å². The van der Waals surface area contributed by atoms with Crippen molar-refractivity contribution in [2.75, 3.05) is 7.11 Å². The van der Waals surface area contributed by atoms with Gasteiger partial charge in [-0.25, -0.2) is 4.79 Å². The van der Waals surface area contributed by atoms with Crippen LogP contribution >= 0.6 is 0 Å². The van der Waals surface area contributed by atoms with Crippen LogP contribution in [0.3, 0.4) is 0 Å². The molecule has 3 aromatic carbocycles. The Bertz CT molecular complexity index is 1280. The van der Waals surface area contributed by atoms with Crippen LogP contribution in [0.25, 0.3) is 0 Å². The van der Waals surface area contributed by atoms with Gasteiger partial charge in [0, 0.05) is 34.6 Å².